The number of carbonyl (C=O) groups is 1. The fourth-order valence-corrected chi connectivity index (χ4v) is 6.92. The van der Waals surface area contributed by atoms with Gasteiger partial charge < -0.3 is 72.1 Å². The van der Waals surface area contributed by atoms with Gasteiger partial charge in [0.2, 0.25) is 0 Å². The van der Waals surface area contributed by atoms with Gasteiger partial charge in [0.05, 0.1) is 0 Å². The molecule has 0 aliphatic rings. The molecule has 0 spiro atoms. The molecule has 0 saturated carbocycles. The minimum absolute atomic E-state index is 0. The Bertz CT molecular complexity index is 1540. The molecule has 2 aromatic carbocycles. The Labute approximate surface area is 322 Å². The van der Waals surface area contributed by atoms with Crippen LogP contribution < -0.4 is 87.3 Å². The minimum atomic E-state index is -5.44. The van der Waals surface area contributed by atoms with Gasteiger partial charge in [0.1, 0.15) is 0 Å². The quantitative estimate of drug-likeness (QED) is 0.0146. The summed E-state index contributed by atoms with van der Waals surface area (Å²) in [5, 5.41) is 20.9. The van der Waals surface area contributed by atoms with Crippen LogP contribution in [0.25, 0.3) is 0 Å². The second-order valence-electron chi connectivity index (χ2n) is 8.38. The summed E-state index contributed by atoms with van der Waals surface area (Å²) in [4.78, 5) is 82.9. The molecule has 0 unspecified atom stereocenters. The van der Waals surface area contributed by atoms with E-state index in [-0.39, 0.29) is 78.1 Å². The number of anilines is 2. The Morgan fingerprint density at radius 3 is 1.18 bits per heavy atom. The molecule has 0 fully saturated rings. The molecule has 49 heavy (non-hydrogen) atoms. The summed E-state index contributed by atoms with van der Waals surface area (Å²) in [6.07, 6.45) is -1.78. The largest absolute Gasteiger partial charge is 1.00 e. The van der Waals surface area contributed by atoms with Crippen molar-refractivity contribution in [3.63, 3.8) is 0 Å². The van der Waals surface area contributed by atoms with Crippen LogP contribution in [0.15, 0.2) is 48.5 Å². The van der Waals surface area contributed by atoms with Crippen LogP contribution in [-0.4, -0.2) is 79.0 Å². The molecule has 0 aliphatic heterocycles. The van der Waals surface area contributed by atoms with Gasteiger partial charge in [-0.15, -0.1) is 0 Å². The smallest absolute Gasteiger partial charge is 1.00 e. The zero-order chi connectivity index (χ0) is 37.7. The molecule has 0 radical (unpaired) electrons. The molecule has 25 nitrogen and oxygen atoms in total. The zero-order valence-corrected chi connectivity index (χ0v) is 33.4. The van der Waals surface area contributed by atoms with E-state index in [0.29, 0.717) is 11.4 Å². The first kappa shape index (κ1) is 55.5. The van der Waals surface area contributed by atoms with Gasteiger partial charge >= 0.3 is 99.9 Å². The molecule has 0 heterocycles. The fraction of sp³-hybridized carbons (Fsp3) is 0.235. The Balaban J connectivity index is -0.000000203. The average Bonchev–Trinajstić information content (AvgIpc) is 2.92. The topological polar surface area (TPSA) is 474 Å². The summed E-state index contributed by atoms with van der Waals surface area (Å²) in [5.41, 5.74) is 8.83. The van der Waals surface area contributed by atoms with Crippen molar-refractivity contribution >= 4 is 58.6 Å². The van der Waals surface area contributed by atoms with Gasteiger partial charge in [0.15, 0.2) is 0 Å². The van der Waals surface area contributed by atoms with Gasteiger partial charge in [-0.3, -0.25) is 33.5 Å². The molecular weight excluding hydrogens is 798 g/mol. The maximum atomic E-state index is 11.1. The van der Waals surface area contributed by atoms with E-state index in [1.807, 2.05) is 0 Å². The molecule has 32 heteroatoms. The molecule has 2 aromatic rings. The van der Waals surface area contributed by atoms with Gasteiger partial charge in [-0.25, -0.2) is 0 Å². The molecule has 0 atom stereocenters. The van der Waals surface area contributed by atoms with Crippen LogP contribution in [0.4, 0.5) is 11.4 Å². The third-order valence-electron chi connectivity index (χ3n) is 5.01. The van der Waals surface area contributed by atoms with Crippen molar-refractivity contribution in [2.45, 2.75) is 23.0 Å². The Morgan fingerprint density at radius 2 is 1.00 bits per heavy atom. The van der Waals surface area contributed by atoms with Crippen LogP contribution >= 0.6 is 30.4 Å². The van der Waals surface area contributed by atoms with E-state index < -0.39 is 63.8 Å². The number of hydrazine groups is 1. The number of hydrogen-bond acceptors (Lipinski definition) is 16. The molecule has 274 valence electrons. The Morgan fingerprint density at radius 1 is 0.755 bits per heavy atom. The minimum Gasteiger partial charge on any atom is -1.00 e. The summed E-state index contributed by atoms with van der Waals surface area (Å²) in [5.74, 6) is 9.08. The number of aliphatic hydroxyl groups is 2. The molecule has 0 bridgehead atoms. The number of benzene rings is 2. The molecule has 0 saturated heterocycles. The summed E-state index contributed by atoms with van der Waals surface area (Å²) in [6, 6.07) is 10.9. The molecule has 0 amide bonds. The number of nitrogen functional groups attached to an aromatic ring is 2. The van der Waals surface area contributed by atoms with E-state index in [4.69, 9.17) is 65.3 Å². The van der Waals surface area contributed by atoms with E-state index in [1.54, 1.807) is 0 Å². The van der Waals surface area contributed by atoms with E-state index in [0.717, 1.165) is 0 Å². The SMILES string of the molecule is NNc1ccc(CC(O)(P(=O)(O)O)P(=O)(O)O)cc1.NOS(=O)(=O)O.Nc1ccc(CC(O)(P(=O)(O)O)P(=O)(O)O)cc1.O=CO[O-].[H-].[Na+].[Na+]. The first-order chi connectivity index (χ1) is 21.0. The third kappa shape index (κ3) is 19.4. The van der Waals surface area contributed by atoms with Crippen molar-refractivity contribution in [2.24, 2.45) is 11.7 Å². The standard InChI is InChI=1S/C8H14N2O7P2.C8H13NO7P2.CH2O3.H3NO4S.2Na.H/c9-10-7-3-1-6(2-4-7)5-8(11,18(12,13)14)19(15,16)17;9-7-3-1-6(2-4-7)5-8(10,17(11,12)13)18(14,15)16;2-1-4-3;1-5-6(2,3)4;;;/h1-4,10-11H,5,9H2,(H2,12,13,14)(H2,15,16,17);1-4,10H,5,9H2,(H2,11,12,13)(H2,14,15,16);1,3H;1H2,(H,2,3,4);;;/q;;;;2*+1;-1/p-1. The zero-order valence-electron chi connectivity index (χ0n) is 26.0. The summed E-state index contributed by atoms with van der Waals surface area (Å²) in [6.45, 7) is -0.181. The Kier molecular flexibility index (Phi) is 25.8. The van der Waals surface area contributed by atoms with Crippen LogP contribution in [0.1, 0.15) is 12.6 Å². The van der Waals surface area contributed by atoms with Crippen LogP contribution in [0.5, 0.6) is 0 Å². The number of carbonyl (C=O) groups excluding carboxylic acids is 1. The van der Waals surface area contributed by atoms with Crippen molar-refractivity contribution in [1.29, 1.82) is 0 Å². The molecule has 0 aliphatic carbocycles. The molecular formula is C17H32N4Na2O21P4S. The molecule has 2 rings (SSSR count). The van der Waals surface area contributed by atoms with E-state index in [2.05, 4.69) is 20.5 Å². The van der Waals surface area contributed by atoms with Gasteiger partial charge in [-0.2, -0.15) is 18.6 Å². The number of nitrogens with one attached hydrogen (secondary N) is 1. The predicted molar refractivity (Wildman–Crippen MR) is 156 cm³/mol. The van der Waals surface area contributed by atoms with Crippen LogP contribution in [-0.2, 0) is 55.5 Å². The average molecular weight is 830 g/mol. The maximum absolute atomic E-state index is 11.1. The monoisotopic (exact) mass is 830 g/mol. The van der Waals surface area contributed by atoms with E-state index in [1.165, 1.54) is 48.5 Å². The Hall–Kier alpha value is -0.220. The fourth-order valence-electron chi connectivity index (χ4n) is 2.65. The van der Waals surface area contributed by atoms with Crippen LogP contribution in [0, 0.1) is 0 Å². The van der Waals surface area contributed by atoms with E-state index in [9.17, 15) is 36.9 Å². The normalized spacial score (nSPS) is 12.0. The first-order valence-corrected chi connectivity index (χ1v) is 18.9. The van der Waals surface area contributed by atoms with Crippen molar-refractivity contribution in [1.82, 2.24) is 0 Å². The van der Waals surface area contributed by atoms with Gasteiger partial charge in [-0.05, 0) is 35.4 Å². The second-order valence-corrected chi connectivity index (χ2v) is 17.4. The summed E-state index contributed by atoms with van der Waals surface area (Å²) in [7, 11) is -26.1. The second kappa shape index (κ2) is 22.8. The van der Waals surface area contributed by atoms with Crippen molar-refractivity contribution in [3.8, 4) is 0 Å². The molecule has 18 N–H and O–H groups in total. The van der Waals surface area contributed by atoms with Crippen LogP contribution in [0.3, 0.4) is 0 Å². The van der Waals surface area contributed by atoms with Crippen molar-refractivity contribution < 1.29 is 160 Å². The predicted octanol–water partition coefficient (Wildman–Crippen LogP) is -9.44. The molecule has 0 aromatic heterocycles. The maximum Gasteiger partial charge on any atom is 1.00 e. The number of nitrogens with two attached hydrogens (primary N) is 3. The summed E-state index contributed by atoms with van der Waals surface area (Å²) >= 11 is 0. The van der Waals surface area contributed by atoms with E-state index >= 15 is 0 Å². The number of hydrogen-bond donors (Lipinski definition) is 15. The van der Waals surface area contributed by atoms with Gasteiger partial charge in [0.25, 0.3) is 16.6 Å². The van der Waals surface area contributed by atoms with Gasteiger partial charge in [-0.1, -0.05) is 24.3 Å². The van der Waals surface area contributed by atoms with Crippen molar-refractivity contribution in [2.75, 3.05) is 11.2 Å². The number of rotatable bonds is 11. The van der Waals surface area contributed by atoms with Crippen molar-refractivity contribution in [3.05, 3.63) is 59.7 Å². The van der Waals surface area contributed by atoms with Crippen LogP contribution in [0.2, 0.25) is 0 Å². The third-order valence-corrected chi connectivity index (χ3v) is 12.7. The van der Waals surface area contributed by atoms with Gasteiger partial charge in [0, 0.05) is 24.2 Å². The summed E-state index contributed by atoms with van der Waals surface area (Å²) < 4.78 is 73.3. The first-order valence-electron chi connectivity index (χ1n) is 11.1.